The summed E-state index contributed by atoms with van der Waals surface area (Å²) in [4.78, 5) is 0. The van der Waals surface area contributed by atoms with Gasteiger partial charge in [0.1, 0.15) is 11.6 Å². The summed E-state index contributed by atoms with van der Waals surface area (Å²) in [7, 11) is 1.59. The number of nitrogens with two attached hydrogens (primary N) is 1. The van der Waals surface area contributed by atoms with E-state index in [1.807, 2.05) is 18.2 Å². The highest BCUT2D eigenvalue weighted by Crippen LogP contribution is 2.26. The lowest BCUT2D eigenvalue weighted by Gasteiger charge is -2.09. The minimum Gasteiger partial charge on any atom is -0.495 e. The van der Waals surface area contributed by atoms with Gasteiger partial charge >= 0.3 is 0 Å². The molecule has 0 atom stereocenters. The summed E-state index contributed by atoms with van der Waals surface area (Å²) in [5, 5.41) is 0. The molecule has 2 aromatic rings. The van der Waals surface area contributed by atoms with Gasteiger partial charge in [-0.15, -0.1) is 0 Å². The highest BCUT2D eigenvalue weighted by molar-refractivity contribution is 5.59. The minimum atomic E-state index is -0.229. The Morgan fingerprint density at radius 2 is 1.82 bits per heavy atom. The Labute approximate surface area is 99.8 Å². The molecule has 0 fully saturated rings. The van der Waals surface area contributed by atoms with Crippen LogP contribution in [0, 0.1) is 5.82 Å². The molecule has 0 bridgehead atoms. The van der Waals surface area contributed by atoms with E-state index in [4.69, 9.17) is 10.5 Å². The number of para-hydroxylation sites is 1. The van der Waals surface area contributed by atoms with Gasteiger partial charge in [-0.25, -0.2) is 4.39 Å². The van der Waals surface area contributed by atoms with Crippen LogP contribution in [-0.2, 0) is 6.42 Å². The zero-order valence-corrected chi connectivity index (χ0v) is 9.61. The van der Waals surface area contributed by atoms with Crippen molar-refractivity contribution in [3.8, 4) is 5.75 Å². The van der Waals surface area contributed by atoms with E-state index < -0.39 is 0 Å². The molecule has 0 heterocycles. The Bertz CT molecular complexity index is 508. The fraction of sp³-hybridized carbons (Fsp3) is 0.143. The summed E-state index contributed by atoms with van der Waals surface area (Å²) in [5.41, 5.74) is 8.61. The highest BCUT2D eigenvalue weighted by atomic mass is 19.1. The van der Waals surface area contributed by atoms with Crippen LogP contribution < -0.4 is 10.5 Å². The number of hydrogen-bond acceptors (Lipinski definition) is 2. The molecule has 0 aromatic heterocycles. The predicted octanol–water partition coefficient (Wildman–Crippen LogP) is 3.01. The van der Waals surface area contributed by atoms with Crippen molar-refractivity contribution in [3.05, 3.63) is 59.4 Å². The second-order valence-electron chi connectivity index (χ2n) is 3.84. The fourth-order valence-electron chi connectivity index (χ4n) is 1.74. The molecule has 2 rings (SSSR count). The third-order valence-corrected chi connectivity index (χ3v) is 2.68. The number of benzene rings is 2. The van der Waals surface area contributed by atoms with Crippen molar-refractivity contribution in [2.75, 3.05) is 12.8 Å². The first-order chi connectivity index (χ1) is 8.20. The Kier molecular flexibility index (Phi) is 3.28. The Balaban J connectivity index is 2.27. The minimum absolute atomic E-state index is 0.229. The first-order valence-corrected chi connectivity index (χ1v) is 5.36. The predicted molar refractivity (Wildman–Crippen MR) is 66.6 cm³/mol. The Morgan fingerprint density at radius 1 is 1.12 bits per heavy atom. The molecule has 2 N–H and O–H groups in total. The number of halogens is 1. The maximum absolute atomic E-state index is 12.8. The molecule has 88 valence electrons. The number of anilines is 1. The maximum atomic E-state index is 12.8. The van der Waals surface area contributed by atoms with Crippen molar-refractivity contribution in [1.29, 1.82) is 0 Å². The summed E-state index contributed by atoms with van der Waals surface area (Å²) in [6, 6.07) is 12.1. The lowest BCUT2D eigenvalue weighted by atomic mass is 10.0. The zero-order chi connectivity index (χ0) is 12.3. The van der Waals surface area contributed by atoms with Gasteiger partial charge in [0.15, 0.2) is 0 Å². The van der Waals surface area contributed by atoms with Crippen molar-refractivity contribution in [1.82, 2.24) is 0 Å². The van der Waals surface area contributed by atoms with Crippen molar-refractivity contribution in [2.45, 2.75) is 6.42 Å². The summed E-state index contributed by atoms with van der Waals surface area (Å²) in [5.74, 6) is 0.442. The molecule has 0 radical (unpaired) electrons. The number of methoxy groups -OCH3 is 1. The molecule has 0 aliphatic carbocycles. The smallest absolute Gasteiger partial charge is 0.142 e. The topological polar surface area (TPSA) is 35.2 Å². The van der Waals surface area contributed by atoms with E-state index in [0.29, 0.717) is 17.9 Å². The summed E-state index contributed by atoms with van der Waals surface area (Å²) < 4.78 is 17.9. The summed E-state index contributed by atoms with van der Waals surface area (Å²) in [6.45, 7) is 0. The third kappa shape index (κ3) is 2.56. The molecule has 2 aromatic carbocycles. The van der Waals surface area contributed by atoms with Gasteiger partial charge in [0.05, 0.1) is 12.8 Å². The lowest BCUT2D eigenvalue weighted by Crippen LogP contribution is -1.99. The van der Waals surface area contributed by atoms with Crippen LogP contribution in [0.15, 0.2) is 42.5 Å². The number of nitrogen functional groups attached to an aromatic ring is 1. The van der Waals surface area contributed by atoms with Crippen molar-refractivity contribution < 1.29 is 9.13 Å². The molecule has 0 unspecified atom stereocenters. The van der Waals surface area contributed by atoms with Crippen LogP contribution in [0.1, 0.15) is 11.1 Å². The molecule has 0 aliphatic heterocycles. The van der Waals surface area contributed by atoms with Gasteiger partial charge in [-0.1, -0.05) is 24.3 Å². The Hall–Kier alpha value is -2.03. The van der Waals surface area contributed by atoms with E-state index in [1.54, 1.807) is 19.2 Å². The average molecular weight is 231 g/mol. The van der Waals surface area contributed by atoms with Gasteiger partial charge in [0.2, 0.25) is 0 Å². The van der Waals surface area contributed by atoms with Crippen molar-refractivity contribution in [3.63, 3.8) is 0 Å². The molecule has 0 amide bonds. The molecule has 3 heteroatoms. The molecule has 2 nitrogen and oxygen atoms in total. The van der Waals surface area contributed by atoms with E-state index >= 15 is 0 Å². The quantitative estimate of drug-likeness (QED) is 0.824. The van der Waals surface area contributed by atoms with Gasteiger partial charge in [0.25, 0.3) is 0 Å². The number of hydrogen-bond donors (Lipinski definition) is 1. The van der Waals surface area contributed by atoms with Crippen molar-refractivity contribution in [2.24, 2.45) is 0 Å². The number of ether oxygens (including phenoxy) is 1. The standard InChI is InChI=1S/C14H14FNO/c1-17-13-4-2-3-11(14(13)16)9-10-5-7-12(15)8-6-10/h2-8H,9,16H2,1H3. The third-order valence-electron chi connectivity index (χ3n) is 2.68. The summed E-state index contributed by atoms with van der Waals surface area (Å²) >= 11 is 0. The number of rotatable bonds is 3. The molecule has 0 aliphatic rings. The van der Waals surface area contributed by atoms with Crippen molar-refractivity contribution >= 4 is 5.69 Å². The van der Waals surface area contributed by atoms with E-state index in [1.165, 1.54) is 12.1 Å². The van der Waals surface area contributed by atoms with E-state index in [0.717, 1.165) is 11.1 Å². The van der Waals surface area contributed by atoms with Gasteiger partial charge < -0.3 is 10.5 Å². The summed E-state index contributed by atoms with van der Waals surface area (Å²) in [6.07, 6.45) is 0.670. The van der Waals surface area contributed by atoms with E-state index in [-0.39, 0.29) is 5.82 Å². The molecular weight excluding hydrogens is 217 g/mol. The van der Waals surface area contributed by atoms with Crippen LogP contribution in [0.3, 0.4) is 0 Å². The molecule has 17 heavy (non-hydrogen) atoms. The zero-order valence-electron chi connectivity index (χ0n) is 9.61. The van der Waals surface area contributed by atoms with Gasteiger partial charge in [-0.2, -0.15) is 0 Å². The fourth-order valence-corrected chi connectivity index (χ4v) is 1.74. The molecule has 0 spiro atoms. The molecule has 0 saturated heterocycles. The first kappa shape index (κ1) is 11.5. The van der Waals surface area contributed by atoms with Gasteiger partial charge in [-0.05, 0) is 35.7 Å². The lowest BCUT2D eigenvalue weighted by molar-refractivity contribution is 0.416. The van der Waals surface area contributed by atoms with E-state index in [9.17, 15) is 4.39 Å². The largest absolute Gasteiger partial charge is 0.495 e. The normalized spacial score (nSPS) is 10.2. The molecular formula is C14H14FNO. The van der Waals surface area contributed by atoms with Crippen LogP contribution in [0.5, 0.6) is 5.75 Å². The molecule has 0 saturated carbocycles. The van der Waals surface area contributed by atoms with Gasteiger partial charge in [0, 0.05) is 0 Å². The van der Waals surface area contributed by atoms with Crippen LogP contribution in [0.4, 0.5) is 10.1 Å². The first-order valence-electron chi connectivity index (χ1n) is 5.36. The monoisotopic (exact) mass is 231 g/mol. The second-order valence-corrected chi connectivity index (χ2v) is 3.84. The Morgan fingerprint density at radius 3 is 2.47 bits per heavy atom. The second kappa shape index (κ2) is 4.87. The van der Waals surface area contributed by atoms with Gasteiger partial charge in [-0.3, -0.25) is 0 Å². The van der Waals surface area contributed by atoms with Crippen LogP contribution in [-0.4, -0.2) is 7.11 Å². The van der Waals surface area contributed by atoms with Crippen LogP contribution >= 0.6 is 0 Å². The van der Waals surface area contributed by atoms with Crippen LogP contribution in [0.2, 0.25) is 0 Å². The van der Waals surface area contributed by atoms with Crippen LogP contribution in [0.25, 0.3) is 0 Å². The maximum Gasteiger partial charge on any atom is 0.142 e. The highest BCUT2D eigenvalue weighted by Gasteiger charge is 2.05. The SMILES string of the molecule is COc1cccc(Cc2ccc(F)cc2)c1N. The van der Waals surface area contributed by atoms with E-state index in [2.05, 4.69) is 0 Å². The average Bonchev–Trinajstić information content (AvgIpc) is 2.35.